The largest absolute Gasteiger partial charge is 0.416 e. The zero-order chi connectivity index (χ0) is 23.7. The topological polar surface area (TPSA) is 72.6 Å². The Morgan fingerprint density at radius 2 is 1.82 bits per heavy atom. The summed E-state index contributed by atoms with van der Waals surface area (Å²) in [5.41, 5.74) is 2.50. The van der Waals surface area contributed by atoms with E-state index in [0.717, 1.165) is 35.7 Å². The standard InChI is InChI=1S/C24H22F3N7/c1-16-5-2-3-8-21(16)34-23(30-31-32-34)22(18-12-28-15-29-13-18)33(20-9-10-20)14-17-6-4-7-19(11-17)24(25,26)27/h2-8,11-13,15,20,22H,9-10,14H2,1H3. The van der Waals surface area contributed by atoms with Gasteiger partial charge in [0, 0.05) is 30.5 Å². The molecule has 5 rings (SSSR count). The average molecular weight is 465 g/mol. The van der Waals surface area contributed by atoms with E-state index in [2.05, 4.69) is 30.4 Å². The second-order valence-corrected chi connectivity index (χ2v) is 8.41. The molecule has 10 heteroatoms. The lowest BCUT2D eigenvalue weighted by molar-refractivity contribution is -0.137. The molecule has 0 N–H and O–H groups in total. The molecule has 4 aromatic rings. The minimum absolute atomic E-state index is 0.182. The summed E-state index contributed by atoms with van der Waals surface area (Å²) in [5.74, 6) is 0.558. The number of hydrogen-bond donors (Lipinski definition) is 0. The fourth-order valence-corrected chi connectivity index (χ4v) is 4.17. The molecular formula is C24H22F3N7. The molecule has 1 fully saturated rings. The van der Waals surface area contributed by atoms with E-state index in [-0.39, 0.29) is 6.04 Å². The van der Waals surface area contributed by atoms with E-state index >= 15 is 0 Å². The number of alkyl halides is 3. The molecular weight excluding hydrogens is 443 g/mol. The molecule has 0 amide bonds. The summed E-state index contributed by atoms with van der Waals surface area (Å²) in [7, 11) is 0. The Morgan fingerprint density at radius 1 is 1.06 bits per heavy atom. The second-order valence-electron chi connectivity index (χ2n) is 8.41. The van der Waals surface area contributed by atoms with Crippen molar-refractivity contribution >= 4 is 0 Å². The van der Waals surface area contributed by atoms with Crippen molar-refractivity contribution in [2.24, 2.45) is 0 Å². The van der Waals surface area contributed by atoms with Crippen molar-refractivity contribution < 1.29 is 13.2 Å². The highest BCUT2D eigenvalue weighted by atomic mass is 19.4. The first-order valence-corrected chi connectivity index (χ1v) is 10.9. The van der Waals surface area contributed by atoms with Crippen molar-refractivity contribution in [1.82, 2.24) is 35.1 Å². The van der Waals surface area contributed by atoms with E-state index in [9.17, 15) is 13.2 Å². The van der Waals surface area contributed by atoms with Crippen molar-refractivity contribution in [3.63, 3.8) is 0 Å². The lowest BCUT2D eigenvalue weighted by Gasteiger charge is -2.31. The molecule has 2 aromatic carbocycles. The Bertz CT molecular complexity index is 1270. The van der Waals surface area contributed by atoms with E-state index in [4.69, 9.17) is 0 Å². The molecule has 174 valence electrons. The van der Waals surface area contributed by atoms with E-state index in [1.807, 2.05) is 31.2 Å². The van der Waals surface area contributed by atoms with Gasteiger partial charge in [0.05, 0.1) is 11.3 Å². The second kappa shape index (κ2) is 8.94. The molecule has 2 heterocycles. The third-order valence-corrected chi connectivity index (χ3v) is 5.95. The smallest absolute Gasteiger partial charge is 0.282 e. The van der Waals surface area contributed by atoms with Gasteiger partial charge >= 0.3 is 6.18 Å². The van der Waals surface area contributed by atoms with Gasteiger partial charge in [-0.05, 0) is 53.5 Å². The lowest BCUT2D eigenvalue weighted by Crippen LogP contribution is -2.33. The Hall–Kier alpha value is -3.66. The SMILES string of the molecule is Cc1ccccc1-n1nnnc1C(c1cncnc1)N(Cc1cccc(C(F)(F)F)c1)C1CC1. The van der Waals surface area contributed by atoms with Crippen LogP contribution in [0.1, 0.15) is 47.0 Å². The molecule has 0 bridgehead atoms. The monoisotopic (exact) mass is 465 g/mol. The van der Waals surface area contributed by atoms with E-state index in [0.29, 0.717) is 17.9 Å². The number of rotatable bonds is 7. The van der Waals surface area contributed by atoms with Crippen molar-refractivity contribution in [3.8, 4) is 5.69 Å². The van der Waals surface area contributed by atoms with Gasteiger partial charge in [0.25, 0.3) is 0 Å². The molecule has 1 unspecified atom stereocenters. The molecule has 1 aliphatic rings. The molecule has 1 atom stereocenters. The molecule has 0 aliphatic heterocycles. The van der Waals surface area contributed by atoms with Crippen molar-refractivity contribution in [2.75, 3.05) is 0 Å². The van der Waals surface area contributed by atoms with E-state index < -0.39 is 17.8 Å². The first-order valence-electron chi connectivity index (χ1n) is 10.9. The molecule has 2 aromatic heterocycles. The van der Waals surface area contributed by atoms with Crippen LogP contribution < -0.4 is 0 Å². The average Bonchev–Trinajstić information content (AvgIpc) is 3.57. The molecule has 0 radical (unpaired) electrons. The summed E-state index contributed by atoms with van der Waals surface area (Å²) in [6.07, 6.45) is 2.33. The van der Waals surface area contributed by atoms with Gasteiger partial charge in [-0.3, -0.25) is 4.90 Å². The summed E-state index contributed by atoms with van der Waals surface area (Å²) in [6, 6.07) is 13.0. The van der Waals surface area contributed by atoms with Gasteiger partial charge in [0.2, 0.25) is 0 Å². The molecule has 34 heavy (non-hydrogen) atoms. The summed E-state index contributed by atoms with van der Waals surface area (Å²) in [5, 5.41) is 12.6. The summed E-state index contributed by atoms with van der Waals surface area (Å²) >= 11 is 0. The maximum absolute atomic E-state index is 13.3. The lowest BCUT2D eigenvalue weighted by atomic mass is 10.0. The minimum Gasteiger partial charge on any atom is -0.282 e. The van der Waals surface area contributed by atoms with Crippen molar-refractivity contribution in [3.05, 3.63) is 95.3 Å². The molecule has 0 saturated heterocycles. The van der Waals surface area contributed by atoms with Crippen molar-refractivity contribution in [1.29, 1.82) is 0 Å². The van der Waals surface area contributed by atoms with Crippen LogP contribution in [-0.2, 0) is 12.7 Å². The van der Waals surface area contributed by atoms with Crippen LogP contribution in [0, 0.1) is 6.92 Å². The predicted molar refractivity (Wildman–Crippen MR) is 118 cm³/mol. The van der Waals surface area contributed by atoms with Crippen LogP contribution in [0.25, 0.3) is 5.69 Å². The van der Waals surface area contributed by atoms with Gasteiger partial charge in [-0.15, -0.1) is 5.10 Å². The van der Waals surface area contributed by atoms with Gasteiger partial charge in [-0.1, -0.05) is 36.4 Å². The highest BCUT2D eigenvalue weighted by Gasteiger charge is 2.39. The van der Waals surface area contributed by atoms with E-state index in [1.54, 1.807) is 23.1 Å². The first kappa shape index (κ1) is 22.1. The van der Waals surface area contributed by atoms with Crippen LogP contribution in [0.15, 0.2) is 67.3 Å². The normalized spacial score (nSPS) is 15.0. The van der Waals surface area contributed by atoms with Gasteiger partial charge in [-0.25, -0.2) is 9.97 Å². The van der Waals surface area contributed by atoms with Crippen molar-refractivity contribution in [2.45, 2.75) is 44.6 Å². The van der Waals surface area contributed by atoms with Gasteiger partial charge in [0.1, 0.15) is 12.4 Å². The number of nitrogens with zero attached hydrogens (tertiary/aromatic N) is 7. The summed E-state index contributed by atoms with van der Waals surface area (Å²) < 4.78 is 41.7. The van der Waals surface area contributed by atoms with Gasteiger partial charge in [-0.2, -0.15) is 17.9 Å². The van der Waals surface area contributed by atoms with E-state index in [1.165, 1.54) is 18.5 Å². The zero-order valence-corrected chi connectivity index (χ0v) is 18.4. The molecule has 1 saturated carbocycles. The highest BCUT2D eigenvalue weighted by Crippen LogP contribution is 2.39. The van der Waals surface area contributed by atoms with Gasteiger partial charge < -0.3 is 0 Å². The fourth-order valence-electron chi connectivity index (χ4n) is 4.17. The summed E-state index contributed by atoms with van der Waals surface area (Å²) in [6.45, 7) is 2.28. The quantitative estimate of drug-likeness (QED) is 0.399. The Labute approximate surface area is 194 Å². The predicted octanol–water partition coefficient (Wildman–Crippen LogP) is 4.53. The van der Waals surface area contributed by atoms with Crippen LogP contribution in [0.2, 0.25) is 0 Å². The Balaban J connectivity index is 1.60. The number of halogens is 3. The Kier molecular flexibility index (Phi) is 5.82. The zero-order valence-electron chi connectivity index (χ0n) is 18.4. The number of para-hydroxylation sites is 1. The van der Waals surface area contributed by atoms with Crippen LogP contribution in [0.5, 0.6) is 0 Å². The number of tetrazole rings is 1. The number of hydrogen-bond acceptors (Lipinski definition) is 6. The minimum atomic E-state index is -4.40. The summed E-state index contributed by atoms with van der Waals surface area (Å²) in [4.78, 5) is 10.5. The fraction of sp³-hybridized carbons (Fsp3) is 0.292. The third-order valence-electron chi connectivity index (χ3n) is 5.95. The third kappa shape index (κ3) is 4.54. The number of aryl methyl sites for hydroxylation is 1. The number of benzene rings is 2. The van der Waals surface area contributed by atoms with Crippen LogP contribution >= 0.6 is 0 Å². The molecule has 0 spiro atoms. The highest BCUT2D eigenvalue weighted by molar-refractivity contribution is 5.40. The molecule has 7 nitrogen and oxygen atoms in total. The Morgan fingerprint density at radius 3 is 2.53 bits per heavy atom. The maximum Gasteiger partial charge on any atom is 0.416 e. The van der Waals surface area contributed by atoms with Gasteiger partial charge in [0.15, 0.2) is 5.82 Å². The maximum atomic E-state index is 13.3. The molecule has 1 aliphatic carbocycles. The number of aromatic nitrogens is 6. The van der Waals surface area contributed by atoms with Crippen LogP contribution in [0.3, 0.4) is 0 Å². The van der Waals surface area contributed by atoms with Crippen LogP contribution in [0.4, 0.5) is 13.2 Å². The van der Waals surface area contributed by atoms with Crippen LogP contribution in [-0.4, -0.2) is 41.1 Å². The first-order chi connectivity index (χ1) is 16.4.